The lowest BCUT2D eigenvalue weighted by Gasteiger charge is -2.20. The van der Waals surface area contributed by atoms with E-state index in [0.717, 1.165) is 21.9 Å². The van der Waals surface area contributed by atoms with E-state index in [2.05, 4.69) is 25.8 Å². The SMILES string of the molecule is [2H]C([2H])([2H])c1cc(-c2cc(-c3cccc4c3oc3cccc(C)c34)ncc2C([2H])([2H])[2H])c(C([2H])([2H])[2H])cc1-c1ccc(C(C)(C)C)cc1. The molecule has 0 N–H and O–H groups in total. The van der Waals surface area contributed by atoms with Gasteiger partial charge in [-0.3, -0.25) is 4.98 Å². The Bertz CT molecular complexity index is 2180. The molecule has 39 heavy (non-hydrogen) atoms. The van der Waals surface area contributed by atoms with Gasteiger partial charge in [-0.15, -0.1) is 0 Å². The van der Waals surface area contributed by atoms with Crippen LogP contribution in [0.25, 0.3) is 55.4 Å². The number of rotatable bonds is 3. The van der Waals surface area contributed by atoms with Gasteiger partial charge in [0.05, 0.1) is 5.69 Å². The minimum absolute atomic E-state index is 0.00131. The molecule has 2 aromatic heterocycles. The van der Waals surface area contributed by atoms with Crippen molar-refractivity contribution < 1.29 is 16.8 Å². The van der Waals surface area contributed by atoms with E-state index in [1.807, 2.05) is 55.5 Å². The zero-order chi connectivity index (χ0) is 35.0. The average Bonchev–Trinajstić information content (AvgIpc) is 3.38. The van der Waals surface area contributed by atoms with E-state index in [9.17, 15) is 0 Å². The Morgan fingerprint density at radius 1 is 0.692 bits per heavy atom. The van der Waals surface area contributed by atoms with Gasteiger partial charge in [0.2, 0.25) is 0 Å². The normalized spacial score (nSPS) is 16.4. The van der Waals surface area contributed by atoms with Crippen molar-refractivity contribution in [3.05, 3.63) is 113 Å². The third kappa shape index (κ3) is 4.34. The largest absolute Gasteiger partial charge is 0.455 e. The third-order valence-corrected chi connectivity index (χ3v) is 7.42. The minimum Gasteiger partial charge on any atom is -0.455 e. The van der Waals surface area contributed by atoms with Crippen molar-refractivity contribution in [2.75, 3.05) is 0 Å². The summed E-state index contributed by atoms with van der Waals surface area (Å²) in [5, 5.41) is 1.81. The molecule has 0 spiro atoms. The topological polar surface area (TPSA) is 26.0 Å². The lowest BCUT2D eigenvalue weighted by molar-refractivity contribution is 0.590. The molecular formula is C37H35NO. The monoisotopic (exact) mass is 518 g/mol. The minimum atomic E-state index is -2.71. The maximum Gasteiger partial charge on any atom is 0.144 e. The van der Waals surface area contributed by atoms with Gasteiger partial charge in [-0.2, -0.15) is 0 Å². The zero-order valence-electron chi connectivity index (χ0n) is 31.4. The van der Waals surface area contributed by atoms with Crippen molar-refractivity contribution in [2.45, 2.75) is 53.7 Å². The van der Waals surface area contributed by atoms with Gasteiger partial charge in [0.25, 0.3) is 0 Å². The highest BCUT2D eigenvalue weighted by Gasteiger charge is 2.18. The number of hydrogen-bond donors (Lipinski definition) is 0. The number of benzene rings is 4. The number of fused-ring (bicyclic) bond motifs is 3. The molecule has 0 radical (unpaired) electrons. The van der Waals surface area contributed by atoms with Crippen LogP contribution in [-0.4, -0.2) is 4.98 Å². The number of aromatic nitrogens is 1. The summed E-state index contributed by atoms with van der Waals surface area (Å²) in [4.78, 5) is 4.53. The molecule has 0 saturated heterocycles. The first-order chi connectivity index (χ1) is 22.2. The van der Waals surface area contributed by atoms with E-state index < -0.39 is 20.6 Å². The summed E-state index contributed by atoms with van der Waals surface area (Å²) < 4.78 is 82.2. The van der Waals surface area contributed by atoms with Gasteiger partial charge in [-0.1, -0.05) is 81.4 Å². The first kappa shape index (κ1) is 16.7. The zero-order valence-corrected chi connectivity index (χ0v) is 22.4. The van der Waals surface area contributed by atoms with Crippen LogP contribution in [0.4, 0.5) is 0 Å². The van der Waals surface area contributed by atoms with Gasteiger partial charge in [-0.25, -0.2) is 0 Å². The Labute approximate surface area is 244 Å². The predicted octanol–water partition coefficient (Wildman–Crippen LogP) is 10.5. The third-order valence-electron chi connectivity index (χ3n) is 7.42. The maximum atomic E-state index is 8.52. The van der Waals surface area contributed by atoms with E-state index in [0.29, 0.717) is 28.0 Å². The van der Waals surface area contributed by atoms with Crippen LogP contribution in [0.5, 0.6) is 0 Å². The second-order valence-electron chi connectivity index (χ2n) is 11.1. The number of hydrogen-bond acceptors (Lipinski definition) is 2. The highest BCUT2D eigenvalue weighted by molar-refractivity contribution is 6.10. The van der Waals surface area contributed by atoms with Crippen LogP contribution < -0.4 is 0 Å². The van der Waals surface area contributed by atoms with Crippen molar-refractivity contribution >= 4 is 21.9 Å². The first-order valence-electron chi connectivity index (χ1n) is 17.5. The summed E-state index contributed by atoms with van der Waals surface area (Å²) in [7, 11) is 0. The summed E-state index contributed by atoms with van der Waals surface area (Å²) in [6, 6.07) is 23.0. The molecule has 6 aromatic rings. The van der Waals surface area contributed by atoms with Gasteiger partial charge in [0, 0.05) is 34.9 Å². The molecular weight excluding hydrogens is 474 g/mol. The highest BCUT2D eigenvalue weighted by Crippen LogP contribution is 2.39. The fourth-order valence-electron chi connectivity index (χ4n) is 5.26. The maximum absolute atomic E-state index is 8.52. The van der Waals surface area contributed by atoms with Gasteiger partial charge < -0.3 is 4.42 Å². The molecule has 2 nitrogen and oxygen atoms in total. The molecule has 0 bridgehead atoms. The highest BCUT2D eigenvalue weighted by atomic mass is 16.3. The van der Waals surface area contributed by atoms with Crippen molar-refractivity contribution in [3.8, 4) is 33.5 Å². The Hall–Kier alpha value is -4.17. The summed E-state index contributed by atoms with van der Waals surface area (Å²) in [5.74, 6) is 0. The molecule has 2 heterocycles. The second-order valence-corrected chi connectivity index (χ2v) is 11.1. The molecule has 6 rings (SSSR count). The predicted molar refractivity (Wildman–Crippen MR) is 165 cm³/mol. The number of nitrogens with zero attached hydrogens (tertiary/aromatic N) is 1. The quantitative estimate of drug-likeness (QED) is 0.233. The summed E-state index contributed by atoms with van der Waals surface area (Å²) in [5.41, 5.74) is 4.53. The molecule has 194 valence electrons. The average molecular weight is 519 g/mol. The summed E-state index contributed by atoms with van der Waals surface area (Å²) in [6.07, 6.45) is 1.22. The van der Waals surface area contributed by atoms with Crippen LogP contribution in [0.3, 0.4) is 0 Å². The Balaban J connectivity index is 1.65. The van der Waals surface area contributed by atoms with E-state index in [1.165, 1.54) is 24.4 Å². The lowest BCUT2D eigenvalue weighted by Crippen LogP contribution is -2.10. The Morgan fingerprint density at radius 2 is 1.38 bits per heavy atom. The fourth-order valence-corrected chi connectivity index (χ4v) is 5.26. The van der Waals surface area contributed by atoms with Crippen LogP contribution in [-0.2, 0) is 5.41 Å². The van der Waals surface area contributed by atoms with E-state index in [-0.39, 0.29) is 38.8 Å². The molecule has 0 saturated carbocycles. The number of pyridine rings is 1. The number of para-hydroxylation sites is 1. The molecule has 0 aliphatic carbocycles. The summed E-state index contributed by atoms with van der Waals surface area (Å²) >= 11 is 0. The molecule has 0 aliphatic rings. The molecule has 0 aliphatic heterocycles. The molecule has 0 fully saturated rings. The van der Waals surface area contributed by atoms with Gasteiger partial charge in [-0.05, 0) is 101 Å². The van der Waals surface area contributed by atoms with Gasteiger partial charge in [0.15, 0.2) is 0 Å². The smallest absolute Gasteiger partial charge is 0.144 e. The Morgan fingerprint density at radius 3 is 2.13 bits per heavy atom. The molecule has 0 unspecified atom stereocenters. The summed E-state index contributed by atoms with van der Waals surface area (Å²) in [6.45, 7) is 0.155. The molecule has 2 heteroatoms. The van der Waals surface area contributed by atoms with Crippen molar-refractivity contribution in [1.82, 2.24) is 4.98 Å². The fraction of sp³-hybridized carbons (Fsp3) is 0.216. The molecule has 0 atom stereocenters. The number of aryl methyl sites for hydroxylation is 4. The van der Waals surface area contributed by atoms with Crippen LogP contribution in [0.1, 0.15) is 60.9 Å². The van der Waals surface area contributed by atoms with Gasteiger partial charge in [0.1, 0.15) is 11.2 Å². The van der Waals surface area contributed by atoms with Gasteiger partial charge >= 0.3 is 0 Å². The molecule has 0 amide bonds. The van der Waals surface area contributed by atoms with E-state index in [1.54, 1.807) is 12.1 Å². The van der Waals surface area contributed by atoms with Crippen molar-refractivity contribution in [2.24, 2.45) is 0 Å². The van der Waals surface area contributed by atoms with Crippen LogP contribution in [0.15, 0.2) is 89.5 Å². The lowest BCUT2D eigenvalue weighted by atomic mass is 9.85. The van der Waals surface area contributed by atoms with E-state index in [4.69, 9.17) is 16.8 Å². The van der Waals surface area contributed by atoms with Crippen molar-refractivity contribution in [1.29, 1.82) is 0 Å². The van der Waals surface area contributed by atoms with Crippen LogP contribution in [0, 0.1) is 27.5 Å². The van der Waals surface area contributed by atoms with E-state index >= 15 is 0 Å². The number of furan rings is 1. The van der Waals surface area contributed by atoms with Crippen molar-refractivity contribution in [3.63, 3.8) is 0 Å². The van der Waals surface area contributed by atoms with Crippen LogP contribution in [0.2, 0.25) is 0 Å². The van der Waals surface area contributed by atoms with Crippen LogP contribution >= 0.6 is 0 Å². The Kier molecular flexibility index (Phi) is 3.96. The standard InChI is InChI=1S/C37H35NO/c1-22-10-8-13-34-35(22)29-12-9-11-28(36(29)39-34)33-20-32(25(4)21-38-33)31-19-23(2)30(18-24(31)3)26-14-16-27(17-15-26)37(5,6)7/h8-21H,1-7H3/i2D3,3D3,4D3. The first-order valence-corrected chi connectivity index (χ1v) is 13.0. The second kappa shape index (κ2) is 9.24. The molecule has 4 aromatic carbocycles.